The first-order valence-electron chi connectivity index (χ1n) is 10.3. The number of pyridine rings is 1. The maximum atomic E-state index is 13.2. The summed E-state index contributed by atoms with van der Waals surface area (Å²) >= 11 is 0. The van der Waals surface area contributed by atoms with Crippen molar-refractivity contribution in [1.29, 1.82) is 0 Å². The summed E-state index contributed by atoms with van der Waals surface area (Å²) in [5, 5.41) is 0. The molecule has 2 saturated heterocycles. The topological polar surface area (TPSA) is 39.7 Å². The van der Waals surface area contributed by atoms with Crippen molar-refractivity contribution in [3.63, 3.8) is 0 Å². The molecule has 1 aromatic rings. The number of likely N-dealkylation sites (tertiary alicyclic amines) is 2. The molecule has 26 heavy (non-hydrogen) atoms. The van der Waals surface area contributed by atoms with Gasteiger partial charge in [0.25, 0.3) is 0 Å². The van der Waals surface area contributed by atoms with Crippen LogP contribution in [0.4, 0.5) is 0 Å². The van der Waals surface area contributed by atoms with Gasteiger partial charge >= 0.3 is 0 Å². The van der Waals surface area contributed by atoms with Crippen LogP contribution < -0.4 is 0 Å². The maximum absolute atomic E-state index is 13.2. The number of nitrogens with zero attached hydrogens (tertiary/aromatic N) is 4. The highest BCUT2D eigenvalue weighted by Crippen LogP contribution is 2.19. The van der Waals surface area contributed by atoms with Gasteiger partial charge in [-0.2, -0.15) is 0 Å². The van der Waals surface area contributed by atoms with Gasteiger partial charge in [0.1, 0.15) is 0 Å². The van der Waals surface area contributed by atoms with Crippen molar-refractivity contribution in [2.75, 3.05) is 39.8 Å². The van der Waals surface area contributed by atoms with Crippen LogP contribution in [0.2, 0.25) is 0 Å². The van der Waals surface area contributed by atoms with Crippen LogP contribution >= 0.6 is 0 Å². The van der Waals surface area contributed by atoms with Crippen LogP contribution in [0.25, 0.3) is 0 Å². The Bertz CT molecular complexity index is 534. The van der Waals surface area contributed by atoms with Crippen LogP contribution in [0.15, 0.2) is 24.5 Å². The van der Waals surface area contributed by atoms with Crippen LogP contribution in [0.3, 0.4) is 0 Å². The minimum Gasteiger partial charge on any atom is -0.334 e. The van der Waals surface area contributed by atoms with E-state index in [0.29, 0.717) is 25.0 Å². The first-order valence-corrected chi connectivity index (χ1v) is 10.3. The summed E-state index contributed by atoms with van der Waals surface area (Å²) in [6, 6.07) is 4.43. The maximum Gasteiger partial charge on any atom is 0.237 e. The van der Waals surface area contributed by atoms with Gasteiger partial charge in [0.15, 0.2) is 0 Å². The minimum atomic E-state index is 0.303. The Hall–Kier alpha value is -1.46. The predicted octanol–water partition coefficient (Wildman–Crippen LogP) is 2.77. The summed E-state index contributed by atoms with van der Waals surface area (Å²) in [6.45, 7) is 5.59. The Balaban J connectivity index is 1.65. The lowest BCUT2D eigenvalue weighted by Gasteiger charge is -2.38. The van der Waals surface area contributed by atoms with E-state index in [1.54, 1.807) is 0 Å². The molecule has 144 valence electrons. The van der Waals surface area contributed by atoms with Gasteiger partial charge in [0.2, 0.25) is 5.91 Å². The molecule has 0 aromatic carbocycles. The molecule has 2 aliphatic rings. The molecule has 0 radical (unpaired) electrons. The number of aromatic nitrogens is 1. The molecule has 0 atom stereocenters. The van der Waals surface area contributed by atoms with E-state index in [4.69, 9.17) is 0 Å². The average molecular weight is 359 g/mol. The largest absolute Gasteiger partial charge is 0.334 e. The Morgan fingerprint density at radius 1 is 1.04 bits per heavy atom. The zero-order valence-electron chi connectivity index (χ0n) is 16.3. The zero-order valence-corrected chi connectivity index (χ0v) is 16.3. The summed E-state index contributed by atoms with van der Waals surface area (Å²) < 4.78 is 0. The summed E-state index contributed by atoms with van der Waals surface area (Å²) in [5.74, 6) is 0.303. The van der Waals surface area contributed by atoms with Gasteiger partial charge in [-0.05, 0) is 76.6 Å². The van der Waals surface area contributed by atoms with Crippen molar-refractivity contribution < 1.29 is 4.79 Å². The molecule has 5 heteroatoms. The second kappa shape index (κ2) is 10.0. The van der Waals surface area contributed by atoms with Gasteiger partial charge < -0.3 is 9.80 Å². The van der Waals surface area contributed by atoms with E-state index in [-0.39, 0.29) is 0 Å². The van der Waals surface area contributed by atoms with Crippen LogP contribution in [0, 0.1) is 0 Å². The van der Waals surface area contributed by atoms with Crippen molar-refractivity contribution >= 4 is 5.91 Å². The summed E-state index contributed by atoms with van der Waals surface area (Å²) in [7, 11) is 2.17. The van der Waals surface area contributed by atoms with Gasteiger partial charge in [-0.25, -0.2) is 0 Å². The van der Waals surface area contributed by atoms with Gasteiger partial charge in [0, 0.05) is 25.0 Å². The lowest BCUT2D eigenvalue weighted by molar-refractivity contribution is -0.136. The quantitative estimate of drug-likeness (QED) is 0.811. The third kappa shape index (κ3) is 5.78. The van der Waals surface area contributed by atoms with Crippen molar-refractivity contribution in [2.45, 2.75) is 57.5 Å². The average Bonchev–Trinajstić information content (AvgIpc) is 2.63. The number of rotatable bonds is 5. The molecular formula is C21H34N4O. The summed E-state index contributed by atoms with van der Waals surface area (Å²) in [6.07, 6.45) is 12.2. The number of hydrogen-bond acceptors (Lipinski definition) is 4. The number of piperidine rings is 1. The molecule has 5 nitrogen and oxygen atoms in total. The second-order valence-corrected chi connectivity index (χ2v) is 7.96. The van der Waals surface area contributed by atoms with Gasteiger partial charge in [-0.3, -0.25) is 14.7 Å². The fraction of sp³-hybridized carbons (Fsp3) is 0.714. The molecule has 2 fully saturated rings. The SMILES string of the molecule is CN1CCC(N(Cc2ccncc2)C(=O)CN2CCCCCCC2)CC1. The molecule has 3 rings (SSSR count). The van der Waals surface area contributed by atoms with Crippen LogP contribution in [0.5, 0.6) is 0 Å². The summed E-state index contributed by atoms with van der Waals surface area (Å²) in [4.78, 5) is 24.3. The molecular weight excluding hydrogens is 324 g/mol. The zero-order chi connectivity index (χ0) is 18.2. The number of carbonyl (C=O) groups excluding carboxylic acids is 1. The fourth-order valence-corrected chi connectivity index (χ4v) is 4.17. The Kier molecular flexibility index (Phi) is 7.44. The molecule has 0 aliphatic carbocycles. The molecule has 1 aromatic heterocycles. The Morgan fingerprint density at radius 3 is 2.31 bits per heavy atom. The van der Waals surface area contributed by atoms with Gasteiger partial charge in [-0.15, -0.1) is 0 Å². The van der Waals surface area contributed by atoms with Crippen LogP contribution in [-0.2, 0) is 11.3 Å². The van der Waals surface area contributed by atoms with E-state index in [1.165, 1.54) is 37.7 Å². The van der Waals surface area contributed by atoms with Crippen molar-refractivity contribution in [3.8, 4) is 0 Å². The number of amides is 1. The first kappa shape index (κ1) is 19.3. The van der Waals surface area contributed by atoms with E-state index in [9.17, 15) is 4.79 Å². The second-order valence-electron chi connectivity index (χ2n) is 7.96. The van der Waals surface area contributed by atoms with E-state index in [0.717, 1.165) is 39.0 Å². The minimum absolute atomic E-state index is 0.303. The van der Waals surface area contributed by atoms with E-state index in [2.05, 4.69) is 26.7 Å². The summed E-state index contributed by atoms with van der Waals surface area (Å²) in [5.41, 5.74) is 1.18. The highest BCUT2D eigenvalue weighted by Gasteiger charge is 2.28. The normalized spacial score (nSPS) is 21.1. The number of carbonyl (C=O) groups is 1. The third-order valence-electron chi connectivity index (χ3n) is 5.86. The van der Waals surface area contributed by atoms with E-state index >= 15 is 0 Å². The van der Waals surface area contributed by atoms with Crippen LogP contribution in [0.1, 0.15) is 50.5 Å². The lowest BCUT2D eigenvalue weighted by Crippen LogP contribution is -2.49. The molecule has 0 unspecified atom stereocenters. The number of hydrogen-bond donors (Lipinski definition) is 0. The Labute approximate surface area is 158 Å². The third-order valence-corrected chi connectivity index (χ3v) is 5.86. The van der Waals surface area contributed by atoms with E-state index in [1.807, 2.05) is 24.5 Å². The standard InChI is InChI=1S/C21H34N4O/c1-23-15-9-20(10-16-23)25(17-19-7-11-22-12-8-19)21(26)18-24-13-5-3-2-4-6-14-24/h7-8,11-12,20H,2-6,9-10,13-18H2,1H3. The molecule has 3 heterocycles. The molecule has 2 aliphatic heterocycles. The molecule has 0 spiro atoms. The van der Waals surface area contributed by atoms with Gasteiger partial charge in [0.05, 0.1) is 6.54 Å². The lowest BCUT2D eigenvalue weighted by atomic mass is 10.0. The Morgan fingerprint density at radius 2 is 1.65 bits per heavy atom. The van der Waals surface area contributed by atoms with E-state index < -0.39 is 0 Å². The monoisotopic (exact) mass is 358 g/mol. The predicted molar refractivity (Wildman–Crippen MR) is 105 cm³/mol. The van der Waals surface area contributed by atoms with Crippen molar-refractivity contribution in [3.05, 3.63) is 30.1 Å². The van der Waals surface area contributed by atoms with Gasteiger partial charge in [-0.1, -0.05) is 19.3 Å². The van der Waals surface area contributed by atoms with Crippen molar-refractivity contribution in [1.82, 2.24) is 19.7 Å². The first-order chi connectivity index (χ1) is 12.7. The van der Waals surface area contributed by atoms with Crippen LogP contribution in [-0.4, -0.2) is 71.4 Å². The molecule has 0 N–H and O–H groups in total. The highest BCUT2D eigenvalue weighted by atomic mass is 16.2. The molecule has 1 amide bonds. The highest BCUT2D eigenvalue weighted by molar-refractivity contribution is 5.78. The van der Waals surface area contributed by atoms with Crippen molar-refractivity contribution in [2.24, 2.45) is 0 Å². The smallest absolute Gasteiger partial charge is 0.237 e. The fourth-order valence-electron chi connectivity index (χ4n) is 4.17. The molecule has 0 saturated carbocycles. The molecule has 0 bridgehead atoms.